The molecule has 0 fully saturated rings. The van der Waals surface area contributed by atoms with Crippen molar-refractivity contribution in [3.05, 3.63) is 65.7 Å². The van der Waals surface area contributed by atoms with Crippen molar-refractivity contribution in [1.82, 2.24) is 0 Å². The van der Waals surface area contributed by atoms with Gasteiger partial charge in [-0.3, -0.25) is 0 Å². The summed E-state index contributed by atoms with van der Waals surface area (Å²) >= 11 is 0. The van der Waals surface area contributed by atoms with Crippen molar-refractivity contribution < 1.29 is 32.5 Å². The Morgan fingerprint density at radius 1 is 1.07 bits per heavy atom. The molecule has 1 unspecified atom stereocenters. The lowest BCUT2D eigenvalue weighted by atomic mass is 10.1. The Balaban J connectivity index is 1.91. The fourth-order valence-electron chi connectivity index (χ4n) is 2.05. The SMILES string of the molecule is CC(OCCC#Cc1ccc(C(F)(F)F)cc1)(Oc1ccccc1)C(=O)O. The molecule has 0 aliphatic rings. The lowest BCUT2D eigenvalue weighted by Crippen LogP contribution is -2.44. The summed E-state index contributed by atoms with van der Waals surface area (Å²) < 4.78 is 48.2. The van der Waals surface area contributed by atoms with Crippen LogP contribution in [0.25, 0.3) is 0 Å². The quantitative estimate of drug-likeness (QED) is 0.462. The molecule has 0 bridgehead atoms. The summed E-state index contributed by atoms with van der Waals surface area (Å²) in [6, 6.07) is 12.8. The highest BCUT2D eigenvalue weighted by atomic mass is 19.4. The number of benzene rings is 2. The van der Waals surface area contributed by atoms with Crippen molar-refractivity contribution in [1.29, 1.82) is 0 Å². The second kappa shape index (κ2) is 8.60. The first-order valence-corrected chi connectivity index (χ1v) is 7.98. The van der Waals surface area contributed by atoms with E-state index in [1.54, 1.807) is 30.3 Å². The number of alkyl halides is 3. The third-order valence-electron chi connectivity index (χ3n) is 3.49. The Bertz CT molecular complexity index is 820. The maximum atomic E-state index is 12.5. The number of para-hydroxylation sites is 1. The van der Waals surface area contributed by atoms with Crippen molar-refractivity contribution in [2.75, 3.05) is 6.61 Å². The smallest absolute Gasteiger partial charge is 0.416 e. The third-order valence-corrected chi connectivity index (χ3v) is 3.49. The van der Waals surface area contributed by atoms with Crippen LogP contribution in [0, 0.1) is 11.8 Å². The summed E-state index contributed by atoms with van der Waals surface area (Å²) in [6.07, 6.45) is -4.21. The number of rotatable bonds is 6. The average Bonchev–Trinajstić information content (AvgIpc) is 2.62. The van der Waals surface area contributed by atoms with Crippen LogP contribution in [0.4, 0.5) is 13.2 Å². The first-order chi connectivity index (χ1) is 12.7. The van der Waals surface area contributed by atoms with Gasteiger partial charge < -0.3 is 14.6 Å². The van der Waals surface area contributed by atoms with Crippen molar-refractivity contribution in [2.45, 2.75) is 25.3 Å². The van der Waals surface area contributed by atoms with Gasteiger partial charge in [0.2, 0.25) is 0 Å². The first-order valence-electron chi connectivity index (χ1n) is 7.98. The molecule has 7 heteroatoms. The Hall–Kier alpha value is -2.98. The molecule has 0 amide bonds. The van der Waals surface area contributed by atoms with E-state index in [0.29, 0.717) is 11.3 Å². The monoisotopic (exact) mass is 378 g/mol. The number of hydrogen-bond acceptors (Lipinski definition) is 3. The number of ether oxygens (including phenoxy) is 2. The van der Waals surface area contributed by atoms with Crippen molar-refractivity contribution >= 4 is 5.97 Å². The van der Waals surface area contributed by atoms with Crippen LogP contribution in [-0.2, 0) is 15.7 Å². The molecule has 0 radical (unpaired) electrons. The molecule has 142 valence electrons. The highest BCUT2D eigenvalue weighted by Crippen LogP contribution is 2.29. The van der Waals surface area contributed by atoms with Gasteiger partial charge in [-0.2, -0.15) is 13.2 Å². The van der Waals surface area contributed by atoms with E-state index in [4.69, 9.17) is 9.47 Å². The maximum absolute atomic E-state index is 12.5. The van der Waals surface area contributed by atoms with Crippen LogP contribution in [0.15, 0.2) is 54.6 Å². The minimum atomic E-state index is -4.39. The molecule has 0 aromatic heterocycles. The predicted octanol–water partition coefficient (Wildman–Crippen LogP) is 4.34. The normalized spacial score (nSPS) is 13.2. The van der Waals surface area contributed by atoms with Gasteiger partial charge in [-0.15, -0.1) is 0 Å². The van der Waals surface area contributed by atoms with Crippen LogP contribution in [0.5, 0.6) is 5.75 Å². The number of carboxylic acids is 1. The van der Waals surface area contributed by atoms with Gasteiger partial charge in [0.15, 0.2) is 0 Å². The van der Waals surface area contributed by atoms with Crippen molar-refractivity contribution in [3.63, 3.8) is 0 Å². The van der Waals surface area contributed by atoms with Gasteiger partial charge in [0.1, 0.15) is 5.75 Å². The molecule has 4 nitrogen and oxygen atoms in total. The minimum Gasteiger partial charge on any atom is -0.476 e. The lowest BCUT2D eigenvalue weighted by molar-refractivity contribution is -0.205. The molecule has 0 heterocycles. The highest BCUT2D eigenvalue weighted by molar-refractivity contribution is 5.75. The molecule has 1 N–H and O–H groups in total. The van der Waals surface area contributed by atoms with Gasteiger partial charge in [-0.25, -0.2) is 4.79 Å². The molecule has 0 saturated heterocycles. The van der Waals surface area contributed by atoms with E-state index >= 15 is 0 Å². The molecule has 2 aromatic carbocycles. The van der Waals surface area contributed by atoms with Crippen LogP contribution in [0.1, 0.15) is 24.5 Å². The molecular formula is C20H17F3O4. The zero-order valence-electron chi connectivity index (χ0n) is 14.4. The maximum Gasteiger partial charge on any atom is 0.416 e. The largest absolute Gasteiger partial charge is 0.476 e. The molecule has 27 heavy (non-hydrogen) atoms. The fraction of sp³-hybridized carbons (Fsp3) is 0.250. The van der Waals surface area contributed by atoms with E-state index in [2.05, 4.69) is 11.8 Å². The summed E-state index contributed by atoms with van der Waals surface area (Å²) in [7, 11) is 0. The second-order valence-corrected chi connectivity index (χ2v) is 5.64. The Morgan fingerprint density at radius 2 is 1.70 bits per heavy atom. The molecular weight excluding hydrogens is 361 g/mol. The van der Waals surface area contributed by atoms with Gasteiger partial charge in [-0.1, -0.05) is 30.0 Å². The van der Waals surface area contributed by atoms with E-state index in [-0.39, 0.29) is 13.0 Å². The Morgan fingerprint density at radius 3 is 2.26 bits per heavy atom. The van der Waals surface area contributed by atoms with E-state index in [1.165, 1.54) is 19.1 Å². The molecule has 2 rings (SSSR count). The van der Waals surface area contributed by atoms with Crippen LogP contribution in [-0.4, -0.2) is 23.5 Å². The van der Waals surface area contributed by atoms with Gasteiger partial charge in [-0.05, 0) is 36.4 Å². The van der Waals surface area contributed by atoms with Crippen LogP contribution < -0.4 is 4.74 Å². The van der Waals surface area contributed by atoms with Crippen LogP contribution in [0.3, 0.4) is 0 Å². The lowest BCUT2D eigenvalue weighted by Gasteiger charge is -2.25. The van der Waals surface area contributed by atoms with E-state index < -0.39 is 23.5 Å². The zero-order valence-corrected chi connectivity index (χ0v) is 14.4. The van der Waals surface area contributed by atoms with Gasteiger partial charge in [0.25, 0.3) is 0 Å². The van der Waals surface area contributed by atoms with Gasteiger partial charge in [0.05, 0.1) is 12.2 Å². The van der Waals surface area contributed by atoms with Gasteiger partial charge in [0, 0.05) is 18.9 Å². The second-order valence-electron chi connectivity index (χ2n) is 5.64. The fourth-order valence-corrected chi connectivity index (χ4v) is 2.05. The van der Waals surface area contributed by atoms with E-state index in [1.807, 2.05) is 0 Å². The van der Waals surface area contributed by atoms with Crippen molar-refractivity contribution in [2.24, 2.45) is 0 Å². The number of aliphatic carboxylic acids is 1. The standard InChI is InChI=1S/C20H17F3O4/c1-19(18(24)25,27-17-8-3-2-4-9-17)26-14-6-5-7-15-10-12-16(13-11-15)20(21,22)23/h2-4,8-13H,6,14H2,1H3,(H,24,25). The molecule has 1 atom stereocenters. The van der Waals surface area contributed by atoms with Crippen LogP contribution in [0.2, 0.25) is 0 Å². The first kappa shape index (κ1) is 20.3. The highest BCUT2D eigenvalue weighted by Gasteiger charge is 2.37. The van der Waals surface area contributed by atoms with Crippen molar-refractivity contribution in [3.8, 4) is 17.6 Å². The Labute approximate surface area is 154 Å². The Kier molecular flexibility index (Phi) is 6.48. The molecule has 0 aliphatic heterocycles. The molecule has 0 saturated carbocycles. The topological polar surface area (TPSA) is 55.8 Å². The minimum absolute atomic E-state index is 0.0245. The number of halogens is 3. The predicted molar refractivity (Wildman–Crippen MR) is 92.0 cm³/mol. The molecule has 0 aliphatic carbocycles. The van der Waals surface area contributed by atoms with Gasteiger partial charge >= 0.3 is 17.9 Å². The zero-order chi connectivity index (χ0) is 19.9. The summed E-state index contributed by atoms with van der Waals surface area (Å²) in [6.45, 7) is 1.26. The van der Waals surface area contributed by atoms with E-state index in [9.17, 15) is 23.1 Å². The molecule has 2 aromatic rings. The average molecular weight is 378 g/mol. The number of hydrogen-bond donors (Lipinski definition) is 1. The van der Waals surface area contributed by atoms with E-state index in [0.717, 1.165) is 12.1 Å². The molecule has 0 spiro atoms. The third kappa shape index (κ3) is 6.04. The summed E-state index contributed by atoms with van der Waals surface area (Å²) in [4.78, 5) is 11.4. The summed E-state index contributed by atoms with van der Waals surface area (Å²) in [5.41, 5.74) is -0.323. The summed E-state index contributed by atoms with van der Waals surface area (Å²) in [5, 5.41) is 9.34. The number of carbonyl (C=O) groups is 1. The number of carboxylic acid groups (broad SMARTS) is 1. The summed E-state index contributed by atoms with van der Waals surface area (Å²) in [5.74, 6) is 2.61. The van der Waals surface area contributed by atoms with Crippen LogP contribution >= 0.6 is 0 Å².